The van der Waals surface area contributed by atoms with Crippen molar-refractivity contribution in [3.05, 3.63) is 53.7 Å². The van der Waals surface area contributed by atoms with Crippen LogP contribution in [0.1, 0.15) is 44.9 Å². The number of aromatic nitrogens is 1. The largest absolute Gasteiger partial charge is 0.586 e. The lowest BCUT2D eigenvalue weighted by molar-refractivity contribution is -0.286. The van der Waals surface area contributed by atoms with E-state index in [1.165, 1.54) is 17.8 Å². The molecule has 0 saturated heterocycles. The smallest absolute Gasteiger partial charge is 0.395 e. The minimum absolute atomic E-state index is 0.00537. The quantitative estimate of drug-likeness (QED) is 0.604. The summed E-state index contributed by atoms with van der Waals surface area (Å²) in [6, 6.07) is 12.6. The lowest BCUT2D eigenvalue weighted by Gasteiger charge is -2.19. The Morgan fingerprint density at radius 2 is 1.74 bits per heavy atom. The molecule has 1 aliphatic carbocycles. The van der Waals surface area contributed by atoms with Gasteiger partial charge in [-0.15, -0.1) is 8.78 Å². The first-order valence-corrected chi connectivity index (χ1v) is 10.3. The monoisotopic (exact) mass is 426 g/mol. The van der Waals surface area contributed by atoms with Crippen LogP contribution in [0.3, 0.4) is 0 Å². The van der Waals surface area contributed by atoms with E-state index in [9.17, 15) is 13.6 Å². The molecular weight excluding hydrogens is 402 g/mol. The first kappa shape index (κ1) is 19.8. The molecular formula is C24H24F2N2O3. The van der Waals surface area contributed by atoms with Gasteiger partial charge in [-0.2, -0.15) is 0 Å². The summed E-state index contributed by atoms with van der Waals surface area (Å²) in [7, 11) is 2.05. The van der Waals surface area contributed by atoms with Gasteiger partial charge in [0.15, 0.2) is 11.5 Å². The average Bonchev–Trinajstić information content (AvgIpc) is 3.33. The molecule has 2 heterocycles. The highest BCUT2D eigenvalue weighted by Gasteiger charge is 2.52. The first-order valence-electron chi connectivity index (χ1n) is 10.3. The number of benzene rings is 2. The molecule has 2 aromatic carbocycles. The molecule has 0 unspecified atom stereocenters. The number of fused-ring (bicyclic) bond motifs is 2. The number of alkyl halides is 2. The maximum Gasteiger partial charge on any atom is 0.586 e. The van der Waals surface area contributed by atoms with Crippen molar-refractivity contribution in [3.8, 4) is 11.5 Å². The molecule has 1 aliphatic heterocycles. The third-order valence-electron chi connectivity index (χ3n) is 6.21. The number of hydrogen-bond donors (Lipinski definition) is 1. The van der Waals surface area contributed by atoms with Gasteiger partial charge in [-0.05, 0) is 54.8 Å². The number of nitrogens with one attached hydrogen (secondary N) is 1. The van der Waals surface area contributed by atoms with E-state index in [1.807, 2.05) is 25.2 Å². The lowest BCUT2D eigenvalue weighted by atomic mass is 9.92. The predicted octanol–water partition coefficient (Wildman–Crippen LogP) is 5.47. The maximum absolute atomic E-state index is 13.3. The molecule has 1 amide bonds. The van der Waals surface area contributed by atoms with Crippen molar-refractivity contribution in [3.63, 3.8) is 0 Å². The van der Waals surface area contributed by atoms with Crippen LogP contribution in [-0.4, -0.2) is 16.8 Å². The third-order valence-corrected chi connectivity index (χ3v) is 6.21. The van der Waals surface area contributed by atoms with Gasteiger partial charge in [0.05, 0.1) is 5.41 Å². The summed E-state index contributed by atoms with van der Waals surface area (Å²) in [6.45, 7) is 6.51. The standard InChI is InChI=1S/C24H24F2N2O3/c1-22(2,3)20-12-14-11-16(6-7-17(14)28(20)4)27-21(29)23(9-10-23)15-5-8-18-19(13-15)31-24(25,26)30-18/h5-8,11-13H,9-10H2,1-4H3,(H,27,29). The third kappa shape index (κ3) is 3.23. The maximum atomic E-state index is 13.3. The van der Waals surface area contributed by atoms with Gasteiger partial charge in [0, 0.05) is 34.7 Å². The zero-order valence-corrected chi connectivity index (χ0v) is 17.9. The number of aryl methyl sites for hydroxylation is 1. The molecule has 7 heteroatoms. The Kier molecular flexibility index (Phi) is 3.98. The van der Waals surface area contributed by atoms with Crippen LogP contribution in [0.2, 0.25) is 0 Å². The molecule has 1 saturated carbocycles. The Labute approximate surface area is 178 Å². The highest BCUT2D eigenvalue weighted by Crippen LogP contribution is 2.52. The Balaban J connectivity index is 1.41. The molecule has 0 bridgehead atoms. The van der Waals surface area contributed by atoms with Crippen LogP contribution in [0.5, 0.6) is 11.5 Å². The first-order chi connectivity index (χ1) is 14.5. The molecule has 1 aromatic heterocycles. The Morgan fingerprint density at radius 1 is 1.03 bits per heavy atom. The molecule has 3 aromatic rings. The second kappa shape index (κ2) is 6.22. The molecule has 0 radical (unpaired) electrons. The second-order valence-corrected chi connectivity index (χ2v) is 9.48. The fourth-order valence-corrected chi connectivity index (χ4v) is 4.42. The minimum Gasteiger partial charge on any atom is -0.395 e. The van der Waals surface area contributed by atoms with E-state index in [0.717, 1.165) is 10.9 Å². The van der Waals surface area contributed by atoms with Crippen LogP contribution >= 0.6 is 0 Å². The van der Waals surface area contributed by atoms with Gasteiger partial charge in [-0.1, -0.05) is 26.8 Å². The second-order valence-electron chi connectivity index (χ2n) is 9.48. The highest BCUT2D eigenvalue weighted by atomic mass is 19.3. The Morgan fingerprint density at radius 3 is 2.42 bits per heavy atom. The van der Waals surface area contributed by atoms with Gasteiger partial charge < -0.3 is 19.4 Å². The van der Waals surface area contributed by atoms with E-state index < -0.39 is 11.7 Å². The van der Waals surface area contributed by atoms with Crippen molar-refractivity contribution < 1.29 is 23.0 Å². The predicted molar refractivity (Wildman–Crippen MR) is 114 cm³/mol. The van der Waals surface area contributed by atoms with Gasteiger partial charge in [-0.25, -0.2) is 0 Å². The van der Waals surface area contributed by atoms with E-state index in [1.54, 1.807) is 6.07 Å². The number of ether oxygens (including phenoxy) is 2. The zero-order valence-electron chi connectivity index (χ0n) is 17.9. The molecule has 0 atom stereocenters. The Bertz CT molecular complexity index is 1220. The van der Waals surface area contributed by atoms with Crippen LogP contribution in [0.4, 0.5) is 14.5 Å². The van der Waals surface area contributed by atoms with Crippen LogP contribution in [0, 0.1) is 0 Å². The molecule has 1 fully saturated rings. The summed E-state index contributed by atoms with van der Waals surface area (Å²) >= 11 is 0. The number of nitrogens with zero attached hydrogens (tertiary/aromatic N) is 1. The van der Waals surface area contributed by atoms with Crippen LogP contribution in [-0.2, 0) is 22.7 Å². The van der Waals surface area contributed by atoms with E-state index >= 15 is 0 Å². The fourth-order valence-electron chi connectivity index (χ4n) is 4.42. The average molecular weight is 426 g/mol. The number of halogens is 2. The van der Waals surface area contributed by atoms with Gasteiger partial charge in [0.2, 0.25) is 5.91 Å². The van der Waals surface area contributed by atoms with Gasteiger partial charge in [0.1, 0.15) is 0 Å². The summed E-state index contributed by atoms with van der Waals surface area (Å²) in [5, 5.41) is 4.07. The van der Waals surface area contributed by atoms with Crippen LogP contribution in [0.25, 0.3) is 10.9 Å². The van der Waals surface area contributed by atoms with Crippen molar-refractivity contribution in [1.82, 2.24) is 4.57 Å². The number of rotatable bonds is 3. The SMILES string of the molecule is Cn1c(C(C)(C)C)cc2cc(NC(=O)C3(c4ccc5c(c4)OC(F)(F)O5)CC3)ccc21. The van der Waals surface area contributed by atoms with Crippen molar-refractivity contribution in [2.75, 3.05) is 5.32 Å². The molecule has 5 nitrogen and oxygen atoms in total. The van der Waals surface area contributed by atoms with Gasteiger partial charge in [0.25, 0.3) is 0 Å². The van der Waals surface area contributed by atoms with Gasteiger partial charge in [-0.3, -0.25) is 4.79 Å². The Hall–Kier alpha value is -3.09. The van der Waals surface area contributed by atoms with Gasteiger partial charge >= 0.3 is 6.29 Å². The van der Waals surface area contributed by atoms with E-state index in [0.29, 0.717) is 24.1 Å². The molecule has 0 spiro atoms. The minimum atomic E-state index is -3.67. The number of carbonyl (C=O) groups is 1. The van der Waals surface area contributed by atoms with E-state index in [2.05, 4.69) is 46.2 Å². The molecule has 162 valence electrons. The van der Waals surface area contributed by atoms with E-state index in [-0.39, 0.29) is 22.8 Å². The summed E-state index contributed by atoms with van der Waals surface area (Å²) in [4.78, 5) is 13.2. The van der Waals surface area contributed by atoms with Crippen molar-refractivity contribution >= 4 is 22.5 Å². The van der Waals surface area contributed by atoms with Crippen molar-refractivity contribution in [2.45, 2.75) is 50.7 Å². The number of anilines is 1. The molecule has 5 rings (SSSR count). The molecule has 1 N–H and O–H groups in total. The van der Waals surface area contributed by atoms with Crippen LogP contribution in [0.15, 0.2) is 42.5 Å². The highest BCUT2D eigenvalue weighted by molar-refractivity contribution is 6.02. The summed E-state index contributed by atoms with van der Waals surface area (Å²) < 4.78 is 37.9. The number of hydrogen-bond acceptors (Lipinski definition) is 3. The van der Waals surface area contributed by atoms with Crippen molar-refractivity contribution in [1.29, 1.82) is 0 Å². The topological polar surface area (TPSA) is 52.5 Å². The summed E-state index contributed by atoms with van der Waals surface area (Å²) in [5.74, 6) is -0.208. The van der Waals surface area contributed by atoms with Crippen LogP contribution < -0.4 is 14.8 Å². The fraction of sp³-hybridized carbons (Fsp3) is 0.375. The zero-order chi connectivity index (χ0) is 22.2. The number of amides is 1. The van der Waals surface area contributed by atoms with E-state index in [4.69, 9.17) is 0 Å². The normalized spacial score (nSPS) is 18.3. The lowest BCUT2D eigenvalue weighted by Crippen LogP contribution is -2.27. The summed E-state index contributed by atoms with van der Waals surface area (Å²) in [5.41, 5.74) is 2.94. The molecule has 2 aliphatic rings. The molecule has 31 heavy (non-hydrogen) atoms. The summed E-state index contributed by atoms with van der Waals surface area (Å²) in [6.07, 6.45) is -2.37. The van der Waals surface area contributed by atoms with Crippen molar-refractivity contribution in [2.24, 2.45) is 7.05 Å². The number of carbonyl (C=O) groups excluding carboxylic acids is 1.